The van der Waals surface area contributed by atoms with E-state index in [0.29, 0.717) is 5.82 Å². The monoisotopic (exact) mass is 346 g/mol. The van der Waals surface area contributed by atoms with Crippen LogP contribution in [0.25, 0.3) is 10.2 Å². The topological polar surface area (TPSA) is 75.3 Å². The van der Waals surface area contributed by atoms with Crippen LogP contribution >= 0.6 is 11.3 Å². The van der Waals surface area contributed by atoms with Crippen LogP contribution in [0.15, 0.2) is 0 Å². The second kappa shape index (κ2) is 6.24. The molecule has 0 bridgehead atoms. The summed E-state index contributed by atoms with van der Waals surface area (Å²) in [6, 6.07) is 0. The largest absolute Gasteiger partial charge is 0.396 e. The van der Waals surface area contributed by atoms with E-state index in [1.54, 1.807) is 11.3 Å². The predicted molar refractivity (Wildman–Crippen MR) is 98.2 cm³/mol. The van der Waals surface area contributed by atoms with E-state index in [2.05, 4.69) is 16.8 Å². The molecule has 1 fully saturated rings. The van der Waals surface area contributed by atoms with Gasteiger partial charge in [-0.1, -0.05) is 6.92 Å². The summed E-state index contributed by atoms with van der Waals surface area (Å²) in [4.78, 5) is 14.3. The molecule has 3 heterocycles. The third kappa shape index (κ3) is 2.91. The summed E-state index contributed by atoms with van der Waals surface area (Å²) in [7, 11) is 0. The normalized spacial score (nSPS) is 25.1. The van der Waals surface area contributed by atoms with Gasteiger partial charge < -0.3 is 10.8 Å². The van der Waals surface area contributed by atoms with Gasteiger partial charge >= 0.3 is 0 Å². The third-order valence-electron chi connectivity index (χ3n) is 5.50. The summed E-state index contributed by atoms with van der Waals surface area (Å²) in [5.41, 5.74) is 7.70. The van der Waals surface area contributed by atoms with Crippen molar-refractivity contribution >= 4 is 27.4 Å². The molecule has 5 nitrogen and oxygen atoms in total. The molecule has 0 amide bonds. The van der Waals surface area contributed by atoms with E-state index < -0.39 is 0 Å². The van der Waals surface area contributed by atoms with E-state index in [1.165, 1.54) is 23.3 Å². The van der Waals surface area contributed by atoms with Crippen molar-refractivity contribution in [2.24, 2.45) is 5.41 Å². The molecule has 1 saturated heterocycles. The summed E-state index contributed by atoms with van der Waals surface area (Å²) in [6.45, 7) is 5.05. The number of aromatic nitrogens is 2. The number of piperidine rings is 1. The molecule has 1 aliphatic heterocycles. The molecule has 0 spiro atoms. The number of aliphatic hydroxyl groups is 1. The van der Waals surface area contributed by atoms with Crippen LogP contribution in [-0.2, 0) is 19.4 Å². The van der Waals surface area contributed by atoms with Gasteiger partial charge in [0.2, 0.25) is 0 Å². The van der Waals surface area contributed by atoms with E-state index in [1.807, 2.05) is 0 Å². The van der Waals surface area contributed by atoms with Crippen LogP contribution in [-0.4, -0.2) is 39.7 Å². The first-order valence-electron chi connectivity index (χ1n) is 8.98. The van der Waals surface area contributed by atoms with Crippen molar-refractivity contribution in [3.05, 3.63) is 16.3 Å². The first-order chi connectivity index (χ1) is 11.6. The highest BCUT2D eigenvalue weighted by Gasteiger charge is 2.31. The van der Waals surface area contributed by atoms with E-state index in [0.717, 1.165) is 61.4 Å². The molecule has 2 aromatic heterocycles. The zero-order valence-corrected chi connectivity index (χ0v) is 15.2. The standard InChI is InChI=1S/C18H26N4OS/c1-18(11-23)7-4-8-22(10-18)9-14-20-16(19)15-12-5-2-3-6-13(12)24-17(15)21-14/h23H,2-11H2,1H3,(H2,19,20,21). The van der Waals surface area contributed by atoms with Crippen LogP contribution in [0.1, 0.15) is 48.9 Å². The van der Waals surface area contributed by atoms with E-state index in [9.17, 15) is 5.11 Å². The second-order valence-corrected chi connectivity index (χ2v) is 8.78. The molecule has 0 radical (unpaired) electrons. The average molecular weight is 347 g/mol. The van der Waals surface area contributed by atoms with Crippen LogP contribution in [0.5, 0.6) is 0 Å². The summed E-state index contributed by atoms with van der Waals surface area (Å²) < 4.78 is 0. The van der Waals surface area contributed by atoms with E-state index in [-0.39, 0.29) is 12.0 Å². The molecule has 6 heteroatoms. The van der Waals surface area contributed by atoms with Gasteiger partial charge in [-0.15, -0.1) is 11.3 Å². The van der Waals surface area contributed by atoms with Crippen LogP contribution in [0.4, 0.5) is 5.82 Å². The van der Waals surface area contributed by atoms with Crippen LogP contribution < -0.4 is 5.73 Å². The maximum Gasteiger partial charge on any atom is 0.146 e. The van der Waals surface area contributed by atoms with E-state index in [4.69, 9.17) is 10.7 Å². The Hall–Kier alpha value is -1.24. The Morgan fingerprint density at radius 1 is 1.25 bits per heavy atom. The van der Waals surface area contributed by atoms with Crippen molar-refractivity contribution in [2.45, 2.75) is 52.0 Å². The number of likely N-dealkylation sites (tertiary alicyclic amines) is 1. The minimum Gasteiger partial charge on any atom is -0.396 e. The number of aliphatic hydroxyl groups excluding tert-OH is 1. The van der Waals surface area contributed by atoms with Gasteiger partial charge in [0, 0.05) is 23.4 Å². The van der Waals surface area contributed by atoms with Crippen molar-refractivity contribution < 1.29 is 5.11 Å². The summed E-state index contributed by atoms with van der Waals surface area (Å²) >= 11 is 1.80. The van der Waals surface area contributed by atoms with Crippen molar-refractivity contribution in [3.8, 4) is 0 Å². The zero-order chi connectivity index (χ0) is 16.7. The minimum absolute atomic E-state index is 0.00405. The molecule has 1 unspecified atom stereocenters. The summed E-state index contributed by atoms with van der Waals surface area (Å²) in [5.74, 6) is 1.47. The molecule has 0 saturated carbocycles. The molecule has 3 N–H and O–H groups in total. The quantitative estimate of drug-likeness (QED) is 0.894. The van der Waals surface area contributed by atoms with E-state index >= 15 is 0 Å². The second-order valence-electron chi connectivity index (χ2n) is 7.70. The highest BCUT2D eigenvalue weighted by Crippen LogP contribution is 2.38. The molecule has 130 valence electrons. The number of thiophene rings is 1. The fourth-order valence-electron chi connectivity index (χ4n) is 4.19. The number of nitrogens with zero attached hydrogens (tertiary/aromatic N) is 3. The maximum atomic E-state index is 9.64. The van der Waals surface area contributed by atoms with Crippen molar-refractivity contribution in [2.75, 3.05) is 25.4 Å². The lowest BCUT2D eigenvalue weighted by Gasteiger charge is -2.39. The van der Waals surface area contributed by atoms with Gasteiger partial charge in [0.15, 0.2) is 0 Å². The molecule has 4 rings (SSSR count). The molecule has 2 aromatic rings. The molecule has 24 heavy (non-hydrogen) atoms. The number of nitrogen functional groups attached to an aromatic ring is 1. The summed E-state index contributed by atoms with van der Waals surface area (Å²) in [6.07, 6.45) is 6.98. The first kappa shape index (κ1) is 16.2. The first-order valence-corrected chi connectivity index (χ1v) is 9.79. The Kier molecular flexibility index (Phi) is 4.22. The number of aryl methyl sites for hydroxylation is 2. The van der Waals surface area contributed by atoms with Gasteiger partial charge in [0.25, 0.3) is 0 Å². The molecular formula is C18H26N4OS. The highest BCUT2D eigenvalue weighted by atomic mass is 32.1. The number of rotatable bonds is 3. The summed E-state index contributed by atoms with van der Waals surface area (Å²) in [5, 5.41) is 10.7. The lowest BCUT2D eigenvalue weighted by molar-refractivity contribution is 0.0418. The Morgan fingerprint density at radius 3 is 2.92 bits per heavy atom. The Morgan fingerprint density at radius 2 is 2.08 bits per heavy atom. The third-order valence-corrected chi connectivity index (χ3v) is 6.68. The van der Waals surface area contributed by atoms with Gasteiger partial charge in [-0.25, -0.2) is 9.97 Å². The van der Waals surface area contributed by atoms with Gasteiger partial charge in [-0.2, -0.15) is 0 Å². The fourth-order valence-corrected chi connectivity index (χ4v) is 5.48. The predicted octanol–water partition coefficient (Wildman–Crippen LogP) is 2.75. The smallest absolute Gasteiger partial charge is 0.146 e. The van der Waals surface area contributed by atoms with Gasteiger partial charge in [-0.05, 0) is 50.6 Å². The maximum absolute atomic E-state index is 9.64. The van der Waals surface area contributed by atoms with Crippen molar-refractivity contribution in [1.82, 2.24) is 14.9 Å². The van der Waals surface area contributed by atoms with Crippen LogP contribution in [0.2, 0.25) is 0 Å². The molecule has 0 aromatic carbocycles. The Bertz CT molecular complexity index is 759. The number of anilines is 1. The lowest BCUT2D eigenvalue weighted by atomic mass is 9.83. The fraction of sp³-hybridized carbons (Fsp3) is 0.667. The van der Waals surface area contributed by atoms with Crippen LogP contribution in [0, 0.1) is 5.41 Å². The zero-order valence-electron chi connectivity index (χ0n) is 14.3. The lowest BCUT2D eigenvalue weighted by Crippen LogP contribution is -2.43. The molecule has 2 aliphatic rings. The van der Waals surface area contributed by atoms with Crippen molar-refractivity contribution in [1.29, 1.82) is 0 Å². The van der Waals surface area contributed by atoms with Crippen molar-refractivity contribution in [3.63, 3.8) is 0 Å². The molecule has 1 atom stereocenters. The number of nitrogens with two attached hydrogens (primary N) is 1. The Labute approximate surface area is 146 Å². The SMILES string of the molecule is CC1(CO)CCCN(Cc2nc(N)c3c4c(sc3n2)CCCC4)C1. The average Bonchev–Trinajstić information content (AvgIpc) is 2.93. The van der Waals surface area contributed by atoms with Crippen LogP contribution in [0.3, 0.4) is 0 Å². The van der Waals surface area contributed by atoms with Gasteiger partial charge in [-0.3, -0.25) is 4.90 Å². The Balaban J connectivity index is 1.61. The number of hydrogen-bond acceptors (Lipinski definition) is 6. The number of fused-ring (bicyclic) bond motifs is 3. The van der Waals surface area contributed by atoms with Gasteiger partial charge in [0.05, 0.1) is 11.9 Å². The number of hydrogen-bond donors (Lipinski definition) is 2. The molecular weight excluding hydrogens is 320 g/mol. The molecule has 1 aliphatic carbocycles. The minimum atomic E-state index is -0.00405. The van der Waals surface area contributed by atoms with Gasteiger partial charge in [0.1, 0.15) is 16.5 Å². The highest BCUT2D eigenvalue weighted by molar-refractivity contribution is 7.19.